The Morgan fingerprint density at radius 1 is 1.38 bits per heavy atom. The van der Waals surface area contributed by atoms with Gasteiger partial charge in [-0.2, -0.15) is 9.97 Å². The number of imidazole rings is 1. The van der Waals surface area contributed by atoms with E-state index in [1.165, 1.54) is 0 Å². The van der Waals surface area contributed by atoms with Crippen molar-refractivity contribution in [3.63, 3.8) is 0 Å². The number of aromatic nitrogens is 4. The second-order valence-electron chi connectivity index (χ2n) is 4.22. The van der Waals surface area contributed by atoms with Gasteiger partial charge in [0.1, 0.15) is 5.75 Å². The van der Waals surface area contributed by atoms with Gasteiger partial charge in [0, 0.05) is 42.8 Å². The summed E-state index contributed by atoms with van der Waals surface area (Å²) in [6.45, 7) is -6.83. The standard InChI is InChI=1S/C16H18N4O3S/c1-9-7-17-12(10(2)14(9)23-4)8-24(21)16-18-11-5-6-13(22-3)19-15(11)20-16/h5-7H,8H2,1-4H3,(H,18,19,20)/i1D3,2D3,3D3,4D3,7D,8D2/hD. The summed E-state index contributed by atoms with van der Waals surface area (Å²) in [5.41, 5.74) is -7.93. The van der Waals surface area contributed by atoms with Gasteiger partial charge < -0.3 is 14.0 Å². The average Bonchev–Trinajstić information content (AvgIpc) is 3.04. The topological polar surface area (TPSA) is 96.0 Å². The molecule has 8 heteroatoms. The number of hydrogen-bond acceptors (Lipinski definition) is 6. The third-order valence-corrected chi connectivity index (χ3v) is 3.67. The van der Waals surface area contributed by atoms with Gasteiger partial charge in [-0.25, -0.2) is 0 Å². The lowest BCUT2D eigenvalue weighted by Crippen LogP contribution is -2.10. The van der Waals surface area contributed by atoms with Crippen molar-refractivity contribution in [2.75, 3.05) is 14.1 Å². The van der Waals surface area contributed by atoms with Crippen molar-refractivity contribution in [2.24, 2.45) is 0 Å². The minimum atomic E-state index is -3.50. The number of pyridine rings is 2. The molecule has 0 aliphatic rings. The van der Waals surface area contributed by atoms with Crippen LogP contribution in [0.4, 0.5) is 0 Å². The molecule has 3 rings (SSSR count). The van der Waals surface area contributed by atoms with E-state index in [0.717, 1.165) is 12.1 Å². The SMILES string of the molecule is [2H]c1nc(C([2H])([2H])[S+]([O-])c2nc3nc(OC([2H])([2H])[2H])ccc3n2[2H])c(C([2H])([2H])[2H])c(OC([2H])([2H])[2H])c1C([2H])([2H])[2H]. The number of ether oxygens (including phenoxy) is 2. The van der Waals surface area contributed by atoms with Crippen LogP contribution in [-0.2, 0) is 16.9 Å². The molecule has 0 aliphatic carbocycles. The normalized spacial score (nSPS) is 24.9. The second kappa shape index (κ2) is 6.66. The van der Waals surface area contributed by atoms with Crippen LogP contribution in [0, 0.1) is 13.7 Å². The van der Waals surface area contributed by atoms with Gasteiger partial charge in [-0.1, -0.05) is 0 Å². The van der Waals surface area contributed by atoms with Crippen LogP contribution in [-0.4, -0.2) is 38.6 Å². The fraction of sp³-hybridized carbons (Fsp3) is 0.312. The molecule has 0 radical (unpaired) electrons. The highest BCUT2D eigenvalue weighted by atomic mass is 32.2. The van der Waals surface area contributed by atoms with Gasteiger partial charge in [-0.15, -0.1) is 0 Å². The Morgan fingerprint density at radius 3 is 3.08 bits per heavy atom. The van der Waals surface area contributed by atoms with Crippen LogP contribution in [0.15, 0.2) is 23.5 Å². The van der Waals surface area contributed by atoms with Gasteiger partial charge in [0.05, 0.1) is 37.6 Å². The predicted octanol–water partition coefficient (Wildman–Crippen LogP) is 2.29. The molecule has 3 heterocycles. The molecule has 0 saturated carbocycles. The largest absolute Gasteiger partial charge is 0.609 e. The molecule has 1 unspecified atom stereocenters. The molecule has 0 amide bonds. The lowest BCUT2D eigenvalue weighted by Gasteiger charge is -2.13. The van der Waals surface area contributed by atoms with Crippen molar-refractivity contribution in [2.45, 2.75) is 24.6 Å². The maximum absolute atomic E-state index is 13.5. The molecule has 126 valence electrons. The van der Waals surface area contributed by atoms with Gasteiger partial charge >= 0.3 is 5.16 Å². The smallest absolute Gasteiger partial charge is 0.323 e. The molecule has 0 fully saturated rings. The summed E-state index contributed by atoms with van der Waals surface area (Å²) in [5, 5.41) is -0.874. The van der Waals surface area contributed by atoms with E-state index in [1.807, 2.05) is 0 Å². The first-order chi connectivity index (χ1) is 17.8. The van der Waals surface area contributed by atoms with E-state index in [0.29, 0.717) is 4.98 Å². The highest BCUT2D eigenvalue weighted by Gasteiger charge is 2.21. The Morgan fingerprint density at radius 2 is 2.29 bits per heavy atom. The van der Waals surface area contributed by atoms with Gasteiger partial charge in [0.2, 0.25) is 5.88 Å². The van der Waals surface area contributed by atoms with Crippen molar-refractivity contribution < 1.29 is 36.0 Å². The number of methoxy groups -OCH3 is 2. The van der Waals surface area contributed by atoms with Crippen LogP contribution in [0.3, 0.4) is 0 Å². The van der Waals surface area contributed by atoms with E-state index in [4.69, 9.17) is 22.0 Å². The number of H-pyrrole nitrogens is 1. The summed E-state index contributed by atoms with van der Waals surface area (Å²) in [6.07, 6.45) is -1.27. The first-order valence-corrected chi connectivity index (χ1v) is 7.24. The van der Waals surface area contributed by atoms with Crippen LogP contribution in [0.1, 0.15) is 37.4 Å². The summed E-state index contributed by atoms with van der Waals surface area (Å²) >= 11 is -3.15. The number of rotatable bonds is 5. The molecule has 1 atom stereocenters. The lowest BCUT2D eigenvalue weighted by atomic mass is 10.1. The van der Waals surface area contributed by atoms with Crippen molar-refractivity contribution >= 4 is 22.3 Å². The molecular formula is C16H18N4O3S. The minimum absolute atomic E-state index is 0.189. The molecule has 24 heavy (non-hydrogen) atoms. The molecule has 0 bridgehead atoms. The summed E-state index contributed by atoms with van der Waals surface area (Å²) in [6, 6.07) is 2.16. The Balaban J connectivity index is 2.29. The summed E-state index contributed by atoms with van der Waals surface area (Å²) < 4.78 is 146. The van der Waals surface area contributed by atoms with Crippen molar-refractivity contribution in [1.29, 1.82) is 0 Å². The van der Waals surface area contributed by atoms with E-state index < -0.39 is 90.1 Å². The zero-order valence-corrected chi connectivity index (χ0v) is 12.4. The number of nitrogens with one attached hydrogen (secondary N) is 1. The predicted molar refractivity (Wildman–Crippen MR) is 90.8 cm³/mol. The van der Waals surface area contributed by atoms with Crippen LogP contribution >= 0.6 is 0 Å². The van der Waals surface area contributed by atoms with E-state index >= 15 is 0 Å². The molecule has 0 aliphatic heterocycles. The molecule has 7 nitrogen and oxygen atoms in total. The van der Waals surface area contributed by atoms with Crippen molar-refractivity contribution in [1.82, 2.24) is 19.9 Å². The Labute approximate surface area is 165 Å². The Bertz CT molecular complexity index is 1430. The maximum Gasteiger partial charge on any atom is 0.323 e. The first kappa shape index (κ1) is 5.89. The monoisotopic (exact) mass is 362 g/mol. The Hall–Kier alpha value is -2.32. The van der Waals surface area contributed by atoms with Gasteiger partial charge in [0.25, 0.3) is 0 Å². The van der Waals surface area contributed by atoms with Gasteiger partial charge in [-0.3, -0.25) is 9.96 Å². The van der Waals surface area contributed by atoms with E-state index in [1.54, 1.807) is 0 Å². The summed E-state index contributed by atoms with van der Waals surface area (Å²) in [5.74, 6) is -1.83. The fourth-order valence-corrected chi connectivity index (χ4v) is 2.48. The average molecular weight is 363 g/mol. The highest BCUT2D eigenvalue weighted by molar-refractivity contribution is 7.90. The molecule has 0 saturated heterocycles. The fourth-order valence-electron chi connectivity index (χ4n) is 1.71. The number of aromatic amines is 1. The molecule has 0 spiro atoms. The molecule has 0 aromatic carbocycles. The Kier molecular flexibility index (Phi) is 1.63. The van der Waals surface area contributed by atoms with E-state index in [2.05, 4.69) is 24.4 Å². The first-order valence-electron chi connectivity index (χ1n) is 14.0. The van der Waals surface area contributed by atoms with E-state index in [9.17, 15) is 4.55 Å². The third kappa shape index (κ3) is 3.02. The van der Waals surface area contributed by atoms with Crippen molar-refractivity contribution in [3.05, 3.63) is 35.1 Å². The molecular weight excluding hydrogens is 328 g/mol. The second-order valence-corrected chi connectivity index (χ2v) is 5.33. The van der Waals surface area contributed by atoms with Gasteiger partial charge in [-0.05, 0) is 19.8 Å². The van der Waals surface area contributed by atoms with Crippen LogP contribution in [0.2, 0.25) is 1.41 Å². The lowest BCUT2D eigenvalue weighted by molar-refractivity contribution is 0.399. The highest BCUT2D eigenvalue weighted by Crippen LogP contribution is 2.26. The quantitative estimate of drug-likeness (QED) is 0.700. The maximum atomic E-state index is 13.5. The number of fused-ring (bicyclic) bond motifs is 1. The zero-order valence-electron chi connectivity index (χ0n) is 27.6. The van der Waals surface area contributed by atoms with Gasteiger partial charge in [0.15, 0.2) is 12.8 Å². The van der Waals surface area contributed by atoms with Crippen LogP contribution in [0.25, 0.3) is 11.2 Å². The summed E-state index contributed by atoms with van der Waals surface area (Å²) in [7, 11) is -6.35. The molecule has 3 aromatic heterocycles. The molecule has 1 N–H and O–H groups in total. The minimum Gasteiger partial charge on any atom is -0.609 e. The third-order valence-electron chi connectivity index (χ3n) is 2.78. The number of hydrogen-bond donors (Lipinski definition) is 1. The number of nitrogens with zero attached hydrogens (tertiary/aromatic N) is 3. The molecule has 3 aromatic rings. The van der Waals surface area contributed by atoms with Crippen LogP contribution < -0.4 is 9.47 Å². The zero-order chi connectivity index (χ0) is 30.8. The van der Waals surface area contributed by atoms with Crippen LogP contribution in [0.5, 0.6) is 11.6 Å². The van der Waals surface area contributed by atoms with E-state index in [-0.39, 0.29) is 5.52 Å². The van der Waals surface area contributed by atoms with Crippen molar-refractivity contribution in [3.8, 4) is 11.6 Å². The summed E-state index contributed by atoms with van der Waals surface area (Å²) in [4.78, 5) is 11.4.